The molecule has 0 saturated carbocycles. The number of rotatable bonds is 6. The van der Waals surface area contributed by atoms with E-state index in [9.17, 15) is 4.79 Å². The van der Waals surface area contributed by atoms with Crippen LogP contribution in [0.2, 0.25) is 0 Å². The third-order valence-electron chi connectivity index (χ3n) is 6.72. The number of hydrogen-bond acceptors (Lipinski definition) is 6. The molecule has 0 saturated heterocycles. The number of Topliss-reactive ketones (excluding diaryl/α,β-unsaturated/α-hetero) is 1. The predicted molar refractivity (Wildman–Crippen MR) is 138 cm³/mol. The third-order valence-corrected chi connectivity index (χ3v) is 6.72. The lowest BCUT2D eigenvalue weighted by Crippen LogP contribution is -2.26. The molecule has 0 radical (unpaired) electrons. The van der Waals surface area contributed by atoms with Gasteiger partial charge in [-0.1, -0.05) is 30.3 Å². The number of carbonyl (C=O) groups excluding carboxylic acids is 1. The lowest BCUT2D eigenvalue weighted by molar-refractivity contribution is -0.116. The molecule has 3 aromatic rings. The van der Waals surface area contributed by atoms with E-state index in [1.165, 1.54) is 0 Å². The van der Waals surface area contributed by atoms with Crippen LogP contribution < -0.4 is 24.8 Å². The first-order valence-electron chi connectivity index (χ1n) is 11.9. The van der Waals surface area contributed by atoms with Crippen molar-refractivity contribution >= 4 is 17.2 Å². The Bertz CT molecular complexity index is 1270. The molecule has 35 heavy (non-hydrogen) atoms. The van der Waals surface area contributed by atoms with Gasteiger partial charge in [-0.2, -0.15) is 0 Å². The Morgan fingerprint density at radius 1 is 0.857 bits per heavy atom. The number of allylic oxidation sites excluding steroid dienone is 1. The molecule has 3 aromatic carbocycles. The van der Waals surface area contributed by atoms with Gasteiger partial charge < -0.3 is 24.8 Å². The van der Waals surface area contributed by atoms with Crippen molar-refractivity contribution in [2.45, 2.75) is 31.7 Å². The zero-order valence-electron chi connectivity index (χ0n) is 20.3. The lowest BCUT2D eigenvalue weighted by atomic mass is 9.78. The van der Waals surface area contributed by atoms with E-state index >= 15 is 0 Å². The molecule has 1 heterocycles. The predicted octanol–water partition coefficient (Wildman–Crippen LogP) is 6.08. The van der Waals surface area contributed by atoms with Crippen LogP contribution in [0.4, 0.5) is 11.4 Å². The number of hydrogen-bond donors (Lipinski definition) is 2. The average molecular weight is 471 g/mol. The summed E-state index contributed by atoms with van der Waals surface area (Å²) in [6, 6.07) is 21.7. The molecule has 6 nitrogen and oxygen atoms in total. The van der Waals surface area contributed by atoms with Crippen LogP contribution in [-0.2, 0) is 4.79 Å². The summed E-state index contributed by atoms with van der Waals surface area (Å²) in [5.74, 6) is 2.39. The van der Waals surface area contributed by atoms with Gasteiger partial charge in [0, 0.05) is 17.7 Å². The van der Waals surface area contributed by atoms with Crippen LogP contribution in [0.3, 0.4) is 0 Å². The van der Waals surface area contributed by atoms with Gasteiger partial charge in [0.25, 0.3) is 0 Å². The molecule has 2 N–H and O–H groups in total. The fourth-order valence-electron chi connectivity index (χ4n) is 4.99. The van der Waals surface area contributed by atoms with Gasteiger partial charge in [-0.3, -0.25) is 4.79 Å². The van der Waals surface area contributed by atoms with Gasteiger partial charge in [0.05, 0.1) is 38.2 Å². The molecule has 0 unspecified atom stereocenters. The van der Waals surface area contributed by atoms with Crippen molar-refractivity contribution in [2.75, 3.05) is 31.5 Å². The summed E-state index contributed by atoms with van der Waals surface area (Å²) in [6.07, 6.45) is 1.20. The monoisotopic (exact) mass is 470 g/mol. The standard InChI is InChI=1S/C29H30N2O4/c1-4-35-26-14-11-19(17-27(26)34-3)29-28-24(30-22-7-5-6-8-23(22)31-29)15-20(16-25(28)32)18-9-12-21(33-2)13-10-18/h5-14,17,20,29-31H,4,15-16H2,1-3H3/t20-,29-/m1/s1. The van der Waals surface area contributed by atoms with Crippen LogP contribution in [0.15, 0.2) is 78.0 Å². The number of benzene rings is 3. The lowest BCUT2D eigenvalue weighted by Gasteiger charge is -2.30. The molecule has 0 spiro atoms. The molecule has 180 valence electrons. The smallest absolute Gasteiger partial charge is 0.163 e. The zero-order chi connectivity index (χ0) is 24.4. The summed E-state index contributed by atoms with van der Waals surface area (Å²) < 4.78 is 16.6. The van der Waals surface area contributed by atoms with Crippen molar-refractivity contribution in [2.24, 2.45) is 0 Å². The number of ether oxygens (including phenoxy) is 3. The van der Waals surface area contributed by atoms with E-state index in [1.54, 1.807) is 14.2 Å². The van der Waals surface area contributed by atoms with E-state index < -0.39 is 0 Å². The maximum absolute atomic E-state index is 13.7. The summed E-state index contributed by atoms with van der Waals surface area (Å²) in [6.45, 7) is 2.50. The highest BCUT2D eigenvalue weighted by molar-refractivity contribution is 6.01. The number of anilines is 2. The van der Waals surface area contributed by atoms with Crippen molar-refractivity contribution in [1.82, 2.24) is 0 Å². The van der Waals surface area contributed by atoms with Crippen LogP contribution in [0.25, 0.3) is 0 Å². The van der Waals surface area contributed by atoms with Gasteiger partial charge in [-0.05, 0) is 66.8 Å². The van der Waals surface area contributed by atoms with E-state index in [4.69, 9.17) is 14.2 Å². The topological polar surface area (TPSA) is 68.8 Å². The summed E-state index contributed by atoms with van der Waals surface area (Å²) in [5.41, 5.74) is 5.73. The van der Waals surface area contributed by atoms with Crippen molar-refractivity contribution < 1.29 is 19.0 Å². The number of ketones is 1. The summed E-state index contributed by atoms with van der Waals surface area (Å²) in [5, 5.41) is 7.21. The largest absolute Gasteiger partial charge is 0.497 e. The molecule has 1 aliphatic carbocycles. The number of carbonyl (C=O) groups is 1. The Morgan fingerprint density at radius 2 is 1.60 bits per heavy atom. The maximum atomic E-state index is 13.7. The highest BCUT2D eigenvalue weighted by atomic mass is 16.5. The van der Waals surface area contributed by atoms with E-state index in [2.05, 4.69) is 22.8 Å². The molecular weight excluding hydrogens is 440 g/mol. The van der Waals surface area contributed by atoms with Gasteiger partial charge in [0.15, 0.2) is 17.3 Å². The molecule has 0 amide bonds. The molecule has 0 bridgehead atoms. The first-order valence-corrected chi connectivity index (χ1v) is 11.9. The van der Waals surface area contributed by atoms with Crippen LogP contribution in [0.5, 0.6) is 17.2 Å². The molecule has 2 aliphatic rings. The first kappa shape index (κ1) is 22.8. The Balaban J connectivity index is 1.57. The van der Waals surface area contributed by atoms with Crippen molar-refractivity contribution in [3.8, 4) is 17.2 Å². The number of nitrogens with one attached hydrogen (secondary N) is 2. The van der Waals surface area contributed by atoms with Crippen molar-refractivity contribution in [3.63, 3.8) is 0 Å². The van der Waals surface area contributed by atoms with Gasteiger partial charge in [-0.15, -0.1) is 0 Å². The summed E-state index contributed by atoms with van der Waals surface area (Å²) >= 11 is 0. The van der Waals surface area contributed by atoms with Gasteiger partial charge in [-0.25, -0.2) is 0 Å². The molecule has 1 aliphatic heterocycles. The Kier molecular flexibility index (Phi) is 6.36. The van der Waals surface area contributed by atoms with E-state index in [0.717, 1.165) is 45.9 Å². The quantitative estimate of drug-likeness (QED) is 0.455. The fourth-order valence-corrected chi connectivity index (χ4v) is 4.99. The number of fused-ring (bicyclic) bond motifs is 1. The second kappa shape index (κ2) is 9.74. The van der Waals surface area contributed by atoms with Crippen molar-refractivity contribution in [1.29, 1.82) is 0 Å². The normalized spacial score (nSPS) is 19.0. The highest BCUT2D eigenvalue weighted by Crippen LogP contribution is 2.45. The Morgan fingerprint density at radius 3 is 2.31 bits per heavy atom. The van der Waals surface area contributed by atoms with E-state index in [-0.39, 0.29) is 17.7 Å². The number of methoxy groups -OCH3 is 2. The molecule has 6 heteroatoms. The minimum atomic E-state index is -0.310. The van der Waals surface area contributed by atoms with Gasteiger partial charge in [0.1, 0.15) is 5.75 Å². The van der Waals surface area contributed by atoms with Gasteiger partial charge in [0.2, 0.25) is 0 Å². The minimum absolute atomic E-state index is 0.0976. The van der Waals surface area contributed by atoms with E-state index in [1.807, 2.05) is 61.5 Å². The molecule has 0 aromatic heterocycles. The second-order valence-electron chi connectivity index (χ2n) is 8.78. The Labute approximate surface area is 205 Å². The SMILES string of the molecule is CCOc1ccc([C@H]2Nc3ccccc3NC3=C2C(=O)C[C@H](c2ccc(OC)cc2)C3)cc1OC. The first-order chi connectivity index (χ1) is 17.1. The molecule has 2 atom stereocenters. The molecule has 0 fully saturated rings. The number of para-hydroxylation sites is 2. The van der Waals surface area contributed by atoms with Crippen molar-refractivity contribution in [3.05, 3.63) is 89.1 Å². The highest BCUT2D eigenvalue weighted by Gasteiger charge is 2.36. The zero-order valence-corrected chi connectivity index (χ0v) is 20.3. The average Bonchev–Trinajstić information content (AvgIpc) is 3.06. The van der Waals surface area contributed by atoms with Gasteiger partial charge >= 0.3 is 0 Å². The Hall–Kier alpha value is -3.93. The van der Waals surface area contributed by atoms with Crippen LogP contribution >= 0.6 is 0 Å². The summed E-state index contributed by atoms with van der Waals surface area (Å²) in [7, 11) is 3.29. The van der Waals surface area contributed by atoms with Crippen LogP contribution in [-0.4, -0.2) is 26.6 Å². The van der Waals surface area contributed by atoms with E-state index in [0.29, 0.717) is 24.5 Å². The fraction of sp³-hybridized carbons (Fsp3) is 0.276. The van der Waals surface area contributed by atoms with Crippen LogP contribution in [0.1, 0.15) is 42.9 Å². The summed E-state index contributed by atoms with van der Waals surface area (Å²) in [4.78, 5) is 13.7. The minimum Gasteiger partial charge on any atom is -0.497 e. The van der Waals surface area contributed by atoms with Crippen LogP contribution in [0, 0.1) is 0 Å². The maximum Gasteiger partial charge on any atom is 0.163 e. The third kappa shape index (κ3) is 4.44. The molecular formula is C29H30N2O4. The second-order valence-corrected chi connectivity index (χ2v) is 8.78. The molecule has 5 rings (SSSR count).